The normalized spacial score (nSPS) is 15.5. The van der Waals surface area contributed by atoms with Gasteiger partial charge in [-0.25, -0.2) is 4.99 Å². The maximum Gasteiger partial charge on any atom is 0.193 e. The van der Waals surface area contributed by atoms with Gasteiger partial charge in [-0.15, -0.1) is 0 Å². The minimum atomic E-state index is 0.712. The van der Waals surface area contributed by atoms with Crippen molar-refractivity contribution in [2.45, 2.75) is 40.0 Å². The van der Waals surface area contributed by atoms with Crippen molar-refractivity contribution in [2.24, 2.45) is 15.9 Å². The Kier molecular flexibility index (Phi) is 7.41. The van der Waals surface area contributed by atoms with Crippen LogP contribution in [0.3, 0.4) is 0 Å². The zero-order valence-electron chi connectivity index (χ0n) is 12.7. The average Bonchev–Trinajstić information content (AvgIpc) is 2.62. The molecule has 1 heterocycles. The summed E-state index contributed by atoms with van der Waals surface area (Å²) >= 11 is 0. The third kappa shape index (κ3) is 6.53. The summed E-state index contributed by atoms with van der Waals surface area (Å²) in [4.78, 5) is 11.1. The van der Waals surface area contributed by atoms with Crippen molar-refractivity contribution in [1.29, 1.82) is 0 Å². The van der Waals surface area contributed by atoms with Crippen LogP contribution in [0.1, 0.15) is 40.0 Å². The minimum Gasteiger partial charge on any atom is -0.484 e. The maximum absolute atomic E-state index is 5.23. The Morgan fingerprint density at radius 2 is 2.05 bits per heavy atom. The van der Waals surface area contributed by atoms with Gasteiger partial charge in [0, 0.05) is 24.7 Å². The number of hydrogen-bond acceptors (Lipinski definition) is 4. The molecule has 0 unspecified atom stereocenters. The van der Waals surface area contributed by atoms with Crippen molar-refractivity contribution in [3.05, 3.63) is 12.4 Å². The van der Waals surface area contributed by atoms with Gasteiger partial charge in [0.05, 0.1) is 13.5 Å². The van der Waals surface area contributed by atoms with E-state index in [0.29, 0.717) is 6.42 Å². The first-order valence-corrected chi connectivity index (χ1v) is 7.19. The third-order valence-electron chi connectivity index (χ3n) is 3.24. The molecule has 1 aliphatic rings. The second kappa shape index (κ2) is 8.86. The topological polar surface area (TPSA) is 37.2 Å². The Labute approximate surface area is 117 Å². The lowest BCUT2D eigenvalue weighted by molar-refractivity contribution is 0.310. The van der Waals surface area contributed by atoms with E-state index < -0.39 is 0 Å². The first kappa shape index (κ1) is 15.9. The molecule has 0 aliphatic carbocycles. The quantitative estimate of drug-likeness (QED) is 0.709. The molecule has 0 aromatic carbocycles. The van der Waals surface area contributed by atoms with Gasteiger partial charge in [0.15, 0.2) is 5.90 Å². The smallest absolute Gasteiger partial charge is 0.193 e. The first-order valence-electron chi connectivity index (χ1n) is 7.19. The van der Waals surface area contributed by atoms with Gasteiger partial charge in [-0.3, -0.25) is 9.89 Å². The summed E-state index contributed by atoms with van der Waals surface area (Å²) in [6, 6.07) is 0. The lowest BCUT2D eigenvalue weighted by Crippen LogP contribution is -2.31. The SMILES string of the molecule is CCN(CCCC(C)C)CC1=NC=CN=C(OC)C1. The van der Waals surface area contributed by atoms with Crippen molar-refractivity contribution in [2.75, 3.05) is 26.7 Å². The second-order valence-corrected chi connectivity index (χ2v) is 5.30. The zero-order chi connectivity index (χ0) is 14.1. The van der Waals surface area contributed by atoms with Crippen LogP contribution in [0, 0.1) is 5.92 Å². The van der Waals surface area contributed by atoms with E-state index in [1.54, 1.807) is 19.5 Å². The highest BCUT2D eigenvalue weighted by Gasteiger charge is 2.11. The van der Waals surface area contributed by atoms with Crippen LogP contribution in [0.4, 0.5) is 0 Å². The van der Waals surface area contributed by atoms with Crippen LogP contribution >= 0.6 is 0 Å². The molecule has 0 N–H and O–H groups in total. The zero-order valence-corrected chi connectivity index (χ0v) is 12.7. The van der Waals surface area contributed by atoms with Gasteiger partial charge in [-0.2, -0.15) is 0 Å². The summed E-state index contributed by atoms with van der Waals surface area (Å²) in [5.74, 6) is 1.52. The van der Waals surface area contributed by atoms with E-state index in [-0.39, 0.29) is 0 Å². The molecule has 4 nitrogen and oxygen atoms in total. The summed E-state index contributed by atoms with van der Waals surface area (Å²) in [7, 11) is 1.66. The Morgan fingerprint density at radius 1 is 1.32 bits per heavy atom. The highest BCUT2D eigenvalue weighted by molar-refractivity contribution is 6.03. The first-order chi connectivity index (χ1) is 9.15. The Hall–Kier alpha value is -1.16. The number of ether oxygens (including phenoxy) is 1. The lowest BCUT2D eigenvalue weighted by Gasteiger charge is -2.21. The molecule has 0 saturated heterocycles. The number of methoxy groups -OCH3 is 1. The summed E-state index contributed by atoms with van der Waals surface area (Å²) in [6.07, 6.45) is 6.70. The van der Waals surface area contributed by atoms with E-state index >= 15 is 0 Å². The molecule has 0 aromatic rings. The molecule has 0 saturated carbocycles. The highest BCUT2D eigenvalue weighted by atomic mass is 16.5. The van der Waals surface area contributed by atoms with Gasteiger partial charge >= 0.3 is 0 Å². The van der Waals surface area contributed by atoms with Gasteiger partial charge in [0.1, 0.15) is 0 Å². The molecule has 4 heteroatoms. The lowest BCUT2D eigenvalue weighted by atomic mass is 10.1. The minimum absolute atomic E-state index is 0.712. The van der Waals surface area contributed by atoms with Gasteiger partial charge in [0.2, 0.25) is 0 Å². The number of hydrogen-bond donors (Lipinski definition) is 0. The number of rotatable bonds is 7. The molecule has 1 aliphatic heterocycles. The van der Waals surface area contributed by atoms with E-state index in [9.17, 15) is 0 Å². The average molecular weight is 265 g/mol. The fourth-order valence-electron chi connectivity index (χ4n) is 2.07. The van der Waals surface area contributed by atoms with E-state index in [1.807, 2.05) is 0 Å². The molecule has 108 valence electrons. The molecule has 0 spiro atoms. The molecule has 19 heavy (non-hydrogen) atoms. The molecule has 0 bridgehead atoms. The largest absolute Gasteiger partial charge is 0.484 e. The summed E-state index contributed by atoms with van der Waals surface area (Å²) < 4.78 is 5.23. The van der Waals surface area contributed by atoms with E-state index in [0.717, 1.165) is 37.2 Å². The van der Waals surface area contributed by atoms with Gasteiger partial charge in [0.25, 0.3) is 0 Å². The van der Waals surface area contributed by atoms with Crippen LogP contribution in [0.5, 0.6) is 0 Å². The molecule has 0 atom stereocenters. The van der Waals surface area contributed by atoms with Crippen molar-refractivity contribution in [3.63, 3.8) is 0 Å². The van der Waals surface area contributed by atoms with Crippen molar-refractivity contribution < 1.29 is 4.74 Å². The molecule has 0 fully saturated rings. The van der Waals surface area contributed by atoms with E-state index in [1.165, 1.54) is 12.8 Å². The number of aliphatic imine (C=N–C) groups is 2. The highest BCUT2D eigenvalue weighted by Crippen LogP contribution is 2.07. The summed E-state index contributed by atoms with van der Waals surface area (Å²) in [5, 5.41) is 0. The predicted molar refractivity (Wildman–Crippen MR) is 81.8 cm³/mol. The van der Waals surface area contributed by atoms with Crippen LogP contribution in [0.15, 0.2) is 22.4 Å². The van der Waals surface area contributed by atoms with Crippen molar-refractivity contribution in [3.8, 4) is 0 Å². The van der Waals surface area contributed by atoms with E-state index in [2.05, 4.69) is 35.7 Å². The predicted octanol–water partition coefficient (Wildman–Crippen LogP) is 3.11. The van der Waals surface area contributed by atoms with Crippen molar-refractivity contribution in [1.82, 2.24) is 4.90 Å². The fourth-order valence-corrected chi connectivity index (χ4v) is 2.07. The second-order valence-electron chi connectivity index (χ2n) is 5.30. The molecular weight excluding hydrogens is 238 g/mol. The Balaban J connectivity index is 2.44. The van der Waals surface area contributed by atoms with Gasteiger partial charge in [-0.05, 0) is 31.8 Å². The molecule has 0 radical (unpaired) electrons. The molecular formula is C15H27N3O. The van der Waals surface area contributed by atoms with E-state index in [4.69, 9.17) is 4.74 Å². The standard InChI is InChI=1S/C15H27N3O/c1-5-18(10-6-7-13(2)3)12-14-11-15(19-4)17-9-8-16-14/h8-9,13H,5-7,10-12H2,1-4H3. The van der Waals surface area contributed by atoms with Crippen LogP contribution < -0.4 is 0 Å². The molecule has 0 amide bonds. The van der Waals surface area contributed by atoms with Crippen LogP contribution in [-0.4, -0.2) is 43.3 Å². The Morgan fingerprint density at radius 3 is 2.68 bits per heavy atom. The van der Waals surface area contributed by atoms with Crippen LogP contribution in [0.25, 0.3) is 0 Å². The summed E-state index contributed by atoms with van der Waals surface area (Å²) in [5.41, 5.74) is 1.13. The summed E-state index contributed by atoms with van der Waals surface area (Å²) in [6.45, 7) is 9.85. The van der Waals surface area contributed by atoms with Gasteiger partial charge in [-0.1, -0.05) is 20.8 Å². The maximum atomic E-state index is 5.23. The fraction of sp³-hybridized carbons (Fsp3) is 0.733. The van der Waals surface area contributed by atoms with Crippen LogP contribution in [0.2, 0.25) is 0 Å². The van der Waals surface area contributed by atoms with Gasteiger partial charge < -0.3 is 4.74 Å². The molecule has 1 rings (SSSR count). The Bertz CT molecular complexity index is 345. The monoisotopic (exact) mass is 265 g/mol. The van der Waals surface area contributed by atoms with Crippen LogP contribution in [-0.2, 0) is 4.74 Å². The molecule has 0 aromatic heterocycles. The third-order valence-corrected chi connectivity index (χ3v) is 3.24. The number of nitrogens with zero attached hydrogens (tertiary/aromatic N) is 3. The van der Waals surface area contributed by atoms with Crippen molar-refractivity contribution >= 4 is 11.6 Å².